The van der Waals surface area contributed by atoms with Gasteiger partial charge in [-0.1, -0.05) is 50.9 Å². The fourth-order valence-corrected chi connectivity index (χ4v) is 20.6. The van der Waals surface area contributed by atoms with Crippen LogP contribution in [0.2, 0.25) is 24.2 Å². The lowest BCUT2D eigenvalue weighted by atomic mass is 9.72. The number of fused-ring (bicyclic) bond motifs is 5. The summed E-state index contributed by atoms with van der Waals surface area (Å²) in [4.78, 5) is 3.22. The van der Waals surface area contributed by atoms with E-state index in [1.165, 1.54) is 63.5 Å². The molecule has 0 aromatic heterocycles. The van der Waals surface area contributed by atoms with Crippen molar-refractivity contribution in [2.24, 2.45) is 35.5 Å². The van der Waals surface area contributed by atoms with Crippen molar-refractivity contribution in [3.63, 3.8) is 0 Å². The summed E-state index contributed by atoms with van der Waals surface area (Å²) in [5.41, 5.74) is 1.99. The fraction of sp³-hybridized carbons (Fsp3) is 0.800. The lowest BCUT2D eigenvalue weighted by molar-refractivity contribution is 0.0461. The van der Waals surface area contributed by atoms with Crippen LogP contribution in [0.15, 0.2) is 33.8 Å². The van der Waals surface area contributed by atoms with Gasteiger partial charge in [0.15, 0.2) is 0 Å². The highest BCUT2D eigenvalue weighted by Gasteiger charge is 2.62. The van der Waals surface area contributed by atoms with Crippen molar-refractivity contribution in [3.05, 3.63) is 33.8 Å². The summed E-state index contributed by atoms with van der Waals surface area (Å²) in [5, 5.41) is 1.74. The van der Waals surface area contributed by atoms with Crippen LogP contribution in [-0.4, -0.2) is 24.7 Å². The van der Waals surface area contributed by atoms with E-state index in [0.717, 1.165) is 57.1 Å². The summed E-state index contributed by atoms with van der Waals surface area (Å²) in [5.74, 6) is 6.47. The Kier molecular flexibility index (Phi) is 5.76. The third-order valence-corrected chi connectivity index (χ3v) is 19.8. The van der Waals surface area contributed by atoms with E-state index in [1.54, 1.807) is 9.81 Å². The Hall–Kier alpha value is -0.0631. The molecular formula is C30H44OS2Si. The van der Waals surface area contributed by atoms with Gasteiger partial charge < -0.3 is 4.74 Å². The molecule has 4 fully saturated rings. The molecule has 4 heteroatoms. The van der Waals surface area contributed by atoms with Crippen LogP contribution in [0.1, 0.15) is 71.6 Å². The lowest BCUT2D eigenvalue weighted by Crippen LogP contribution is -2.47. The van der Waals surface area contributed by atoms with Gasteiger partial charge in [-0.05, 0) is 96.6 Å². The number of hydrogen-bond donors (Lipinski definition) is 0. The van der Waals surface area contributed by atoms with Crippen LogP contribution in [0.3, 0.4) is 0 Å². The first kappa shape index (κ1) is 23.1. The van der Waals surface area contributed by atoms with Crippen LogP contribution >= 0.6 is 23.5 Å². The van der Waals surface area contributed by atoms with E-state index in [9.17, 15) is 0 Å². The van der Waals surface area contributed by atoms with Gasteiger partial charge in [-0.15, -0.1) is 23.5 Å². The van der Waals surface area contributed by atoms with Crippen LogP contribution < -0.4 is 0 Å². The van der Waals surface area contributed by atoms with Gasteiger partial charge in [-0.3, -0.25) is 0 Å². The summed E-state index contributed by atoms with van der Waals surface area (Å²) < 4.78 is 6.72. The van der Waals surface area contributed by atoms with Gasteiger partial charge in [0.1, 0.15) is 6.10 Å². The van der Waals surface area contributed by atoms with Gasteiger partial charge >= 0.3 is 0 Å². The predicted molar refractivity (Wildman–Crippen MR) is 151 cm³/mol. The van der Waals surface area contributed by atoms with Gasteiger partial charge in [0.05, 0.1) is 13.8 Å². The van der Waals surface area contributed by atoms with Crippen molar-refractivity contribution in [3.8, 4) is 0 Å². The fourth-order valence-electron chi connectivity index (χ4n) is 10.1. The Morgan fingerprint density at radius 3 is 2.18 bits per heavy atom. The summed E-state index contributed by atoms with van der Waals surface area (Å²) in [6.07, 6.45) is 21.3. The topological polar surface area (TPSA) is 9.23 Å². The Labute approximate surface area is 217 Å². The standard InChI is InChI=1S/C30H44OS2Si/c1-17-14-23-24-15-18(2)33-29(24)30(28(23)32-17)34(3,4)27-13-12-20-21(9-7-10-22(20)27)26-16-19-8-5-6-11-25(19)31-26/h14-16,19-25,27-30H,5-13H2,1-4H3. The van der Waals surface area contributed by atoms with Crippen molar-refractivity contribution in [1.29, 1.82) is 0 Å². The van der Waals surface area contributed by atoms with Crippen LogP contribution in [0.4, 0.5) is 0 Å². The molecule has 7 rings (SSSR count). The van der Waals surface area contributed by atoms with E-state index < -0.39 is 8.07 Å². The Balaban J connectivity index is 1.14. The molecule has 3 heterocycles. The Morgan fingerprint density at radius 2 is 1.47 bits per heavy atom. The van der Waals surface area contributed by atoms with Crippen LogP contribution in [0.25, 0.3) is 0 Å². The van der Waals surface area contributed by atoms with Crippen LogP contribution in [0.5, 0.6) is 0 Å². The molecule has 0 N–H and O–H groups in total. The first-order valence-electron chi connectivity index (χ1n) is 14.5. The first-order chi connectivity index (χ1) is 16.4. The molecule has 0 spiro atoms. The molecule has 0 radical (unpaired) electrons. The summed E-state index contributed by atoms with van der Waals surface area (Å²) in [6, 6.07) is 0. The zero-order chi connectivity index (χ0) is 23.2. The molecule has 10 atom stereocenters. The minimum atomic E-state index is -1.44. The van der Waals surface area contributed by atoms with Crippen LogP contribution in [-0.2, 0) is 4.74 Å². The average Bonchev–Trinajstić information content (AvgIpc) is 3.59. The highest BCUT2D eigenvalue weighted by molar-refractivity contribution is 8.05. The second-order valence-electron chi connectivity index (χ2n) is 13.4. The zero-order valence-corrected chi connectivity index (χ0v) is 24.3. The van der Waals surface area contributed by atoms with Gasteiger partial charge in [0.25, 0.3) is 0 Å². The molecule has 0 amide bonds. The van der Waals surface area contributed by atoms with E-state index >= 15 is 0 Å². The Bertz CT molecular complexity index is 904. The molecular weight excluding hydrogens is 469 g/mol. The minimum absolute atomic E-state index is 0.532. The summed E-state index contributed by atoms with van der Waals surface area (Å²) in [7, 11) is -1.44. The largest absolute Gasteiger partial charge is 0.494 e. The molecule has 4 aliphatic carbocycles. The quantitative estimate of drug-likeness (QED) is 0.349. The second kappa shape index (κ2) is 8.48. The molecule has 3 aliphatic heterocycles. The van der Waals surface area contributed by atoms with E-state index in [-0.39, 0.29) is 0 Å². The molecule has 0 bridgehead atoms. The Morgan fingerprint density at radius 1 is 0.765 bits per heavy atom. The maximum absolute atomic E-state index is 6.72. The number of hydrogen-bond acceptors (Lipinski definition) is 3. The third kappa shape index (κ3) is 3.46. The highest BCUT2D eigenvalue weighted by atomic mass is 32.2. The van der Waals surface area contributed by atoms with Crippen LogP contribution in [0, 0.1) is 35.5 Å². The minimum Gasteiger partial charge on any atom is -0.494 e. The number of ether oxygens (including phenoxy) is 1. The molecule has 0 saturated heterocycles. The number of rotatable bonds is 3. The lowest BCUT2D eigenvalue weighted by Gasteiger charge is -2.46. The number of allylic oxidation sites excluding steroid dienone is 5. The molecule has 10 unspecified atom stereocenters. The molecule has 4 saturated carbocycles. The molecule has 0 aromatic carbocycles. The van der Waals surface area contributed by atoms with Crippen molar-refractivity contribution in [2.75, 3.05) is 0 Å². The van der Waals surface area contributed by atoms with Gasteiger partial charge in [-0.25, -0.2) is 0 Å². The average molecular weight is 513 g/mol. The zero-order valence-electron chi connectivity index (χ0n) is 21.7. The highest BCUT2D eigenvalue weighted by Crippen LogP contribution is 2.68. The first-order valence-corrected chi connectivity index (χ1v) is 19.4. The third-order valence-electron chi connectivity index (χ3n) is 11.5. The van der Waals surface area contributed by atoms with Gasteiger partial charge in [0.2, 0.25) is 0 Å². The molecule has 0 aromatic rings. The molecule has 186 valence electrons. The maximum Gasteiger partial charge on any atom is 0.105 e. The maximum atomic E-state index is 6.72. The summed E-state index contributed by atoms with van der Waals surface area (Å²) >= 11 is 4.55. The van der Waals surface area contributed by atoms with E-state index in [1.807, 2.05) is 0 Å². The second-order valence-corrected chi connectivity index (χ2v) is 21.3. The number of thioether (sulfide) groups is 2. The van der Waals surface area contributed by atoms with Gasteiger partial charge in [0, 0.05) is 22.3 Å². The van der Waals surface area contributed by atoms with Gasteiger partial charge in [-0.2, -0.15) is 0 Å². The van der Waals surface area contributed by atoms with Crippen molar-refractivity contribution >= 4 is 31.6 Å². The summed E-state index contributed by atoms with van der Waals surface area (Å²) in [6.45, 7) is 10.4. The molecule has 34 heavy (non-hydrogen) atoms. The SMILES string of the molecule is CC1=CC2C3C=C(C)SC3C([Si](C)(C)C3CCC4C(C5=CC6CCCCC6O5)CCCC43)C2S1. The predicted octanol–water partition coefficient (Wildman–Crippen LogP) is 9.02. The molecule has 1 nitrogen and oxygen atoms in total. The smallest absolute Gasteiger partial charge is 0.105 e. The monoisotopic (exact) mass is 512 g/mol. The van der Waals surface area contributed by atoms with Crippen molar-refractivity contribution in [2.45, 2.75) is 112 Å². The van der Waals surface area contributed by atoms with E-state index in [0.29, 0.717) is 6.10 Å². The van der Waals surface area contributed by atoms with E-state index in [2.05, 4.69) is 68.7 Å². The van der Waals surface area contributed by atoms with Crippen molar-refractivity contribution < 1.29 is 4.74 Å². The molecule has 7 aliphatic rings. The van der Waals surface area contributed by atoms with Crippen molar-refractivity contribution in [1.82, 2.24) is 0 Å². The normalized spacial score (nSPS) is 49.5. The van der Waals surface area contributed by atoms with E-state index in [4.69, 9.17) is 4.74 Å².